The normalized spacial score (nSPS) is 12.3. The van der Waals surface area contributed by atoms with Gasteiger partial charge in [-0.1, -0.05) is 29.8 Å². The van der Waals surface area contributed by atoms with Crippen molar-refractivity contribution < 1.29 is 14.3 Å². The number of rotatable bonds is 7. The van der Waals surface area contributed by atoms with E-state index in [4.69, 9.17) is 4.74 Å². The van der Waals surface area contributed by atoms with E-state index in [1.807, 2.05) is 26.0 Å². The van der Waals surface area contributed by atoms with Crippen molar-refractivity contribution in [3.05, 3.63) is 68.7 Å². The first-order valence-electron chi connectivity index (χ1n) is 9.49. The Morgan fingerprint density at radius 1 is 1.27 bits per heavy atom. The molecule has 0 fully saturated rings. The minimum Gasteiger partial charge on any atom is -0.482 e. The highest BCUT2D eigenvalue weighted by Crippen LogP contribution is 2.21. The van der Waals surface area contributed by atoms with Gasteiger partial charge in [0.05, 0.1) is 24.2 Å². The second-order valence-corrected chi connectivity index (χ2v) is 7.65. The van der Waals surface area contributed by atoms with Gasteiger partial charge in [0.1, 0.15) is 11.6 Å². The van der Waals surface area contributed by atoms with E-state index < -0.39 is 5.97 Å². The predicted octanol–water partition coefficient (Wildman–Crippen LogP) is 4.11. The fourth-order valence-corrected chi connectivity index (χ4v) is 3.12. The van der Waals surface area contributed by atoms with Gasteiger partial charge in [0.25, 0.3) is 5.56 Å². The molecule has 0 aliphatic rings. The monoisotopic (exact) mass is 471 g/mol. The van der Waals surface area contributed by atoms with Crippen LogP contribution in [0.2, 0.25) is 0 Å². The molecule has 7 nitrogen and oxygen atoms in total. The number of nitrogens with zero attached hydrogens (tertiary/aromatic N) is 3. The van der Waals surface area contributed by atoms with Gasteiger partial charge in [0.2, 0.25) is 0 Å². The van der Waals surface area contributed by atoms with E-state index in [1.54, 1.807) is 36.5 Å². The number of fused-ring (bicyclic) bond motifs is 1. The summed E-state index contributed by atoms with van der Waals surface area (Å²) in [5, 5.41) is 4.93. The van der Waals surface area contributed by atoms with Crippen LogP contribution >= 0.6 is 15.9 Å². The molecule has 3 rings (SSSR count). The second-order valence-electron chi connectivity index (χ2n) is 6.74. The Hall–Kier alpha value is -3.00. The Labute approximate surface area is 182 Å². The van der Waals surface area contributed by atoms with E-state index in [1.165, 1.54) is 11.8 Å². The second kappa shape index (κ2) is 9.67. The third-order valence-electron chi connectivity index (χ3n) is 4.67. The zero-order valence-corrected chi connectivity index (χ0v) is 18.5. The van der Waals surface area contributed by atoms with E-state index in [2.05, 4.69) is 30.8 Å². The molecule has 0 aliphatic carbocycles. The Balaban J connectivity index is 1.93. The van der Waals surface area contributed by atoms with Crippen molar-refractivity contribution in [1.82, 2.24) is 9.66 Å². The average molecular weight is 472 g/mol. The van der Waals surface area contributed by atoms with Crippen LogP contribution in [0.1, 0.15) is 37.6 Å². The van der Waals surface area contributed by atoms with Gasteiger partial charge in [-0.05, 0) is 54.4 Å². The van der Waals surface area contributed by atoms with Crippen LogP contribution in [0.5, 0.6) is 5.75 Å². The summed E-state index contributed by atoms with van der Waals surface area (Å²) in [7, 11) is 1.31. The zero-order chi connectivity index (χ0) is 21.7. The summed E-state index contributed by atoms with van der Waals surface area (Å²) >= 11 is 3.41. The Morgan fingerprint density at radius 2 is 2.00 bits per heavy atom. The number of carbonyl (C=O) groups is 1. The Kier molecular flexibility index (Phi) is 6.99. The van der Waals surface area contributed by atoms with Crippen LogP contribution in [0.4, 0.5) is 0 Å². The molecule has 3 aromatic rings. The molecule has 1 aromatic heterocycles. The summed E-state index contributed by atoms with van der Waals surface area (Å²) in [4.78, 5) is 28.9. The first-order chi connectivity index (χ1) is 14.4. The lowest BCUT2D eigenvalue weighted by Gasteiger charge is -2.14. The maximum atomic E-state index is 13.1. The number of ether oxygens (including phenoxy) is 2. The van der Waals surface area contributed by atoms with E-state index >= 15 is 0 Å². The molecule has 0 saturated carbocycles. The number of esters is 1. The molecule has 30 heavy (non-hydrogen) atoms. The van der Waals surface area contributed by atoms with Gasteiger partial charge in [0.15, 0.2) is 6.61 Å². The molecule has 0 amide bonds. The van der Waals surface area contributed by atoms with Crippen LogP contribution in [-0.2, 0) is 9.53 Å². The first-order valence-corrected chi connectivity index (χ1v) is 10.3. The summed E-state index contributed by atoms with van der Waals surface area (Å²) in [6.07, 6.45) is 2.43. The molecule has 0 unspecified atom stereocenters. The predicted molar refractivity (Wildman–Crippen MR) is 119 cm³/mol. The minimum atomic E-state index is -0.451. The van der Waals surface area contributed by atoms with Crippen LogP contribution in [0, 0.1) is 0 Å². The highest BCUT2D eigenvalue weighted by Gasteiger charge is 2.15. The molecular weight excluding hydrogens is 450 g/mol. The molecule has 0 bridgehead atoms. The molecule has 2 aromatic carbocycles. The lowest BCUT2D eigenvalue weighted by atomic mass is 10.1. The summed E-state index contributed by atoms with van der Waals surface area (Å²) in [5.41, 5.74) is 1.21. The molecule has 0 spiro atoms. The number of methoxy groups -OCH3 is 1. The lowest BCUT2D eigenvalue weighted by Crippen LogP contribution is -2.23. The van der Waals surface area contributed by atoms with Crippen molar-refractivity contribution in [1.29, 1.82) is 0 Å². The maximum absolute atomic E-state index is 13.1. The molecule has 0 saturated heterocycles. The molecular formula is C22H22BrN3O4. The van der Waals surface area contributed by atoms with Gasteiger partial charge in [-0.25, -0.2) is 9.78 Å². The molecule has 1 heterocycles. The lowest BCUT2D eigenvalue weighted by molar-refractivity contribution is -0.142. The van der Waals surface area contributed by atoms with Crippen LogP contribution in [-0.4, -0.2) is 35.6 Å². The smallest absolute Gasteiger partial charge is 0.343 e. The molecule has 156 valence electrons. The molecule has 8 heteroatoms. The van der Waals surface area contributed by atoms with Gasteiger partial charge in [0, 0.05) is 10.4 Å². The molecule has 1 atom stereocenters. The van der Waals surface area contributed by atoms with Crippen molar-refractivity contribution in [2.24, 2.45) is 5.10 Å². The quantitative estimate of drug-likeness (QED) is 0.382. The molecule has 0 aliphatic heterocycles. The van der Waals surface area contributed by atoms with Crippen LogP contribution in [0.3, 0.4) is 0 Å². The third kappa shape index (κ3) is 4.94. The number of carbonyl (C=O) groups excluding carboxylic acids is 1. The van der Waals surface area contributed by atoms with Crippen LogP contribution in [0.15, 0.2) is 56.8 Å². The van der Waals surface area contributed by atoms with E-state index in [0.717, 1.165) is 16.5 Å². The van der Waals surface area contributed by atoms with Crippen molar-refractivity contribution in [3.63, 3.8) is 0 Å². The average Bonchev–Trinajstić information content (AvgIpc) is 2.77. The highest BCUT2D eigenvalue weighted by atomic mass is 79.9. The largest absolute Gasteiger partial charge is 0.482 e. The number of benzene rings is 2. The number of hydrogen-bond acceptors (Lipinski definition) is 6. The fraction of sp³-hybridized carbons (Fsp3) is 0.273. The van der Waals surface area contributed by atoms with Crippen LogP contribution < -0.4 is 10.3 Å². The first kappa shape index (κ1) is 21.7. The number of aromatic nitrogens is 2. The molecule has 0 N–H and O–H groups in total. The minimum absolute atomic E-state index is 0.0667. The maximum Gasteiger partial charge on any atom is 0.343 e. The fourth-order valence-electron chi connectivity index (χ4n) is 2.75. The SMILES string of the molecule is CC[C@H](C)c1nc2ccc(Br)cc2c(=O)n1N=Cc1ccc(OCC(=O)OC)cc1. The summed E-state index contributed by atoms with van der Waals surface area (Å²) < 4.78 is 12.1. The van der Waals surface area contributed by atoms with Gasteiger partial charge >= 0.3 is 5.97 Å². The third-order valence-corrected chi connectivity index (χ3v) is 5.17. The topological polar surface area (TPSA) is 82.8 Å². The van der Waals surface area contributed by atoms with E-state index in [0.29, 0.717) is 22.5 Å². The van der Waals surface area contributed by atoms with Gasteiger partial charge in [-0.2, -0.15) is 9.78 Å². The Morgan fingerprint density at radius 3 is 2.67 bits per heavy atom. The van der Waals surface area contributed by atoms with Gasteiger partial charge < -0.3 is 9.47 Å². The highest BCUT2D eigenvalue weighted by molar-refractivity contribution is 9.10. The van der Waals surface area contributed by atoms with E-state index in [9.17, 15) is 9.59 Å². The van der Waals surface area contributed by atoms with Gasteiger partial charge in [-0.15, -0.1) is 0 Å². The zero-order valence-electron chi connectivity index (χ0n) is 17.0. The van der Waals surface area contributed by atoms with Crippen molar-refractivity contribution in [2.45, 2.75) is 26.2 Å². The van der Waals surface area contributed by atoms with E-state index in [-0.39, 0.29) is 18.1 Å². The van der Waals surface area contributed by atoms with Crippen molar-refractivity contribution in [2.75, 3.05) is 13.7 Å². The summed E-state index contributed by atoms with van der Waals surface area (Å²) in [5.74, 6) is 0.767. The molecule has 0 radical (unpaired) electrons. The summed E-state index contributed by atoms with van der Waals surface area (Å²) in [6, 6.07) is 12.5. The van der Waals surface area contributed by atoms with Crippen LogP contribution in [0.25, 0.3) is 10.9 Å². The Bertz CT molecular complexity index is 1140. The number of halogens is 1. The standard InChI is InChI=1S/C22H22BrN3O4/c1-4-14(2)21-25-19-10-7-16(23)11-18(19)22(28)26(21)24-12-15-5-8-17(9-6-15)30-13-20(27)29-3/h5-12,14H,4,13H2,1-3H3/t14-/m0/s1. The van der Waals surface area contributed by atoms with Crippen molar-refractivity contribution in [3.8, 4) is 5.75 Å². The van der Waals surface area contributed by atoms with Crippen molar-refractivity contribution >= 4 is 39.0 Å². The summed E-state index contributed by atoms with van der Waals surface area (Å²) in [6.45, 7) is 3.91. The van der Waals surface area contributed by atoms with Gasteiger partial charge in [-0.3, -0.25) is 4.79 Å². The number of hydrogen-bond donors (Lipinski definition) is 0.